The molecule has 1 saturated carbocycles. The van der Waals surface area contributed by atoms with Crippen LogP contribution in [0, 0.1) is 0 Å². The summed E-state index contributed by atoms with van der Waals surface area (Å²) in [6.45, 7) is 1.11. The van der Waals surface area contributed by atoms with Gasteiger partial charge in [0.25, 0.3) is 0 Å². The maximum Gasteiger partial charge on any atom is 0.0540 e. The molecule has 1 N–H and O–H groups in total. The fourth-order valence-electron chi connectivity index (χ4n) is 4.05. The van der Waals surface area contributed by atoms with E-state index in [2.05, 4.69) is 47.3 Å². The van der Waals surface area contributed by atoms with Gasteiger partial charge in [0.1, 0.15) is 0 Å². The highest BCUT2D eigenvalue weighted by Gasteiger charge is 2.36. The number of likely N-dealkylation sites (N-methyl/N-ethyl adjacent to an activating group) is 1. The van der Waals surface area contributed by atoms with Crippen molar-refractivity contribution >= 4 is 0 Å². The van der Waals surface area contributed by atoms with E-state index in [4.69, 9.17) is 0 Å². The van der Waals surface area contributed by atoms with Crippen LogP contribution in [0.2, 0.25) is 0 Å². The van der Waals surface area contributed by atoms with Crippen molar-refractivity contribution in [2.75, 3.05) is 20.6 Å². The van der Waals surface area contributed by atoms with E-state index in [9.17, 15) is 0 Å². The molecule has 0 spiro atoms. The van der Waals surface area contributed by atoms with Crippen LogP contribution in [-0.4, -0.2) is 40.9 Å². The summed E-state index contributed by atoms with van der Waals surface area (Å²) in [5, 5.41) is 8.31. The van der Waals surface area contributed by atoms with E-state index >= 15 is 0 Å². The Kier molecular flexibility index (Phi) is 3.87. The first-order valence-electron chi connectivity index (χ1n) is 8.04. The van der Waals surface area contributed by atoms with Crippen molar-refractivity contribution in [1.29, 1.82) is 0 Å². The minimum atomic E-state index is 0.375. The van der Waals surface area contributed by atoms with Crippen molar-refractivity contribution in [3.63, 3.8) is 0 Å². The summed E-state index contributed by atoms with van der Waals surface area (Å²) in [4.78, 5) is 2.44. The molecule has 112 valence electrons. The van der Waals surface area contributed by atoms with E-state index < -0.39 is 0 Å². The van der Waals surface area contributed by atoms with Crippen molar-refractivity contribution in [1.82, 2.24) is 20.0 Å². The van der Waals surface area contributed by atoms with Crippen molar-refractivity contribution in [2.24, 2.45) is 7.05 Å². The highest BCUT2D eigenvalue weighted by molar-refractivity contribution is 5.24. The molecular formula is C16H28N4. The lowest BCUT2D eigenvalue weighted by Gasteiger charge is -2.38. The highest BCUT2D eigenvalue weighted by atomic mass is 15.3. The summed E-state index contributed by atoms with van der Waals surface area (Å²) in [6, 6.07) is 0.505. The first-order chi connectivity index (χ1) is 9.62. The van der Waals surface area contributed by atoms with Crippen LogP contribution in [-0.2, 0) is 13.5 Å². The Morgan fingerprint density at radius 2 is 2.10 bits per heavy atom. The Morgan fingerprint density at radius 1 is 1.35 bits per heavy atom. The molecule has 20 heavy (non-hydrogen) atoms. The quantitative estimate of drug-likeness (QED) is 0.916. The van der Waals surface area contributed by atoms with Gasteiger partial charge in [0.2, 0.25) is 0 Å². The molecule has 2 aliphatic carbocycles. The molecule has 2 aliphatic rings. The molecule has 1 aromatic heterocycles. The van der Waals surface area contributed by atoms with E-state index in [1.807, 2.05) is 0 Å². The molecule has 3 rings (SSSR count). The first-order valence-corrected chi connectivity index (χ1v) is 8.04. The van der Waals surface area contributed by atoms with Gasteiger partial charge in [0.15, 0.2) is 0 Å². The molecule has 1 fully saturated rings. The fraction of sp³-hybridized carbons (Fsp3) is 0.812. The average Bonchev–Trinajstić information content (AvgIpc) is 3.05. The summed E-state index contributed by atoms with van der Waals surface area (Å²) < 4.78 is 2.06. The third-order valence-electron chi connectivity index (χ3n) is 5.54. The zero-order chi connectivity index (χ0) is 14.2. The van der Waals surface area contributed by atoms with Crippen LogP contribution < -0.4 is 5.32 Å². The minimum absolute atomic E-state index is 0.375. The number of nitrogens with one attached hydrogen (secondary N) is 1. The van der Waals surface area contributed by atoms with Crippen LogP contribution in [0.4, 0.5) is 0 Å². The maximum atomic E-state index is 4.45. The molecule has 1 heterocycles. The fourth-order valence-corrected chi connectivity index (χ4v) is 4.05. The van der Waals surface area contributed by atoms with E-state index in [1.54, 1.807) is 0 Å². The van der Waals surface area contributed by atoms with Gasteiger partial charge in [-0.3, -0.25) is 4.68 Å². The van der Waals surface area contributed by atoms with Crippen LogP contribution in [0.15, 0.2) is 6.20 Å². The van der Waals surface area contributed by atoms with Crippen molar-refractivity contribution in [3.8, 4) is 0 Å². The second kappa shape index (κ2) is 5.49. The largest absolute Gasteiger partial charge is 0.308 e. The standard InChI is InChI=1S/C16H28N4/c1-19(2)16(9-4-5-10-16)12-17-14-7-6-8-15-13(14)11-18-20(15)3/h11,14,17H,4-10,12H2,1-3H3. The molecule has 0 aliphatic heterocycles. The van der Waals surface area contributed by atoms with Crippen LogP contribution in [0.1, 0.15) is 55.8 Å². The monoisotopic (exact) mass is 276 g/mol. The third kappa shape index (κ3) is 2.40. The molecule has 0 radical (unpaired) electrons. The van der Waals surface area contributed by atoms with E-state index in [-0.39, 0.29) is 0 Å². The van der Waals surface area contributed by atoms with Gasteiger partial charge in [-0.15, -0.1) is 0 Å². The highest BCUT2D eigenvalue weighted by Crippen LogP contribution is 2.35. The molecule has 0 aromatic carbocycles. The molecule has 4 nitrogen and oxygen atoms in total. The van der Waals surface area contributed by atoms with Crippen molar-refractivity contribution in [3.05, 3.63) is 17.5 Å². The Hall–Kier alpha value is -0.870. The molecule has 0 bridgehead atoms. The number of hydrogen-bond donors (Lipinski definition) is 1. The Morgan fingerprint density at radius 3 is 2.80 bits per heavy atom. The molecule has 1 atom stereocenters. The van der Waals surface area contributed by atoms with E-state index in [0.29, 0.717) is 11.6 Å². The first kappa shape index (κ1) is 14.1. The van der Waals surface area contributed by atoms with Crippen LogP contribution in [0.5, 0.6) is 0 Å². The van der Waals surface area contributed by atoms with Crippen molar-refractivity contribution < 1.29 is 0 Å². The van der Waals surface area contributed by atoms with Crippen molar-refractivity contribution in [2.45, 2.75) is 56.5 Å². The second-order valence-corrected chi connectivity index (χ2v) is 6.82. The van der Waals surface area contributed by atoms with Gasteiger partial charge in [-0.25, -0.2) is 0 Å². The number of fused-ring (bicyclic) bond motifs is 1. The lowest BCUT2D eigenvalue weighted by atomic mass is 9.90. The lowest BCUT2D eigenvalue weighted by Crippen LogP contribution is -2.50. The molecule has 4 heteroatoms. The normalized spacial score (nSPS) is 25.1. The Balaban J connectivity index is 1.70. The van der Waals surface area contributed by atoms with Gasteiger partial charge in [0, 0.05) is 36.4 Å². The molecule has 0 saturated heterocycles. The molecule has 1 unspecified atom stereocenters. The van der Waals surface area contributed by atoms with Gasteiger partial charge >= 0.3 is 0 Å². The minimum Gasteiger partial charge on any atom is -0.308 e. The number of hydrogen-bond acceptors (Lipinski definition) is 3. The van der Waals surface area contributed by atoms with Gasteiger partial charge in [-0.1, -0.05) is 12.8 Å². The van der Waals surface area contributed by atoms with Gasteiger partial charge in [-0.2, -0.15) is 5.10 Å². The third-order valence-corrected chi connectivity index (χ3v) is 5.54. The average molecular weight is 276 g/mol. The molecular weight excluding hydrogens is 248 g/mol. The van der Waals surface area contributed by atoms with Gasteiger partial charge in [-0.05, 0) is 46.2 Å². The summed E-state index contributed by atoms with van der Waals surface area (Å²) in [7, 11) is 6.55. The Bertz CT molecular complexity index is 457. The van der Waals surface area contributed by atoms with Crippen LogP contribution in [0.3, 0.4) is 0 Å². The van der Waals surface area contributed by atoms with Crippen LogP contribution in [0.25, 0.3) is 0 Å². The number of aryl methyl sites for hydroxylation is 1. The SMILES string of the molecule is CN(C)C1(CNC2CCCc3c2cnn3C)CCCC1. The smallest absolute Gasteiger partial charge is 0.0540 e. The van der Waals surface area contributed by atoms with E-state index in [0.717, 1.165) is 6.54 Å². The Labute approximate surface area is 122 Å². The zero-order valence-electron chi connectivity index (χ0n) is 13.2. The molecule has 1 aromatic rings. The predicted octanol–water partition coefficient (Wildman–Crippen LogP) is 2.26. The van der Waals surface area contributed by atoms with Gasteiger partial charge < -0.3 is 10.2 Å². The summed E-state index contributed by atoms with van der Waals surface area (Å²) >= 11 is 0. The zero-order valence-corrected chi connectivity index (χ0v) is 13.2. The maximum absolute atomic E-state index is 4.45. The van der Waals surface area contributed by atoms with E-state index in [1.165, 1.54) is 56.2 Å². The predicted molar refractivity (Wildman–Crippen MR) is 81.8 cm³/mol. The summed E-state index contributed by atoms with van der Waals surface area (Å²) in [6.07, 6.45) is 11.2. The number of aromatic nitrogens is 2. The topological polar surface area (TPSA) is 33.1 Å². The summed E-state index contributed by atoms with van der Waals surface area (Å²) in [5.41, 5.74) is 3.24. The lowest BCUT2D eigenvalue weighted by molar-refractivity contribution is 0.147. The van der Waals surface area contributed by atoms with Crippen LogP contribution >= 0.6 is 0 Å². The molecule has 0 amide bonds. The second-order valence-electron chi connectivity index (χ2n) is 6.82. The number of nitrogens with zero attached hydrogens (tertiary/aromatic N) is 3. The van der Waals surface area contributed by atoms with Gasteiger partial charge in [0.05, 0.1) is 6.20 Å². The summed E-state index contributed by atoms with van der Waals surface area (Å²) in [5.74, 6) is 0. The number of rotatable bonds is 4.